The first-order chi connectivity index (χ1) is 10.5. The number of fused-ring (bicyclic) bond motifs is 1. The first-order valence-corrected chi connectivity index (χ1v) is 7.98. The molecule has 0 fully saturated rings. The fourth-order valence-electron chi connectivity index (χ4n) is 2.24. The highest BCUT2D eigenvalue weighted by Crippen LogP contribution is 2.33. The van der Waals surface area contributed by atoms with E-state index in [9.17, 15) is 9.18 Å². The number of carbonyl (C=O) groups is 1. The molecular weight excluding hydrogens is 344 g/mol. The fraction of sp³-hybridized carbons (Fsp3) is 0.0625. The number of thiophene rings is 1. The molecule has 0 aliphatic heterocycles. The maximum absolute atomic E-state index is 13.9. The number of hydrogen-bond donors (Lipinski definition) is 1. The lowest BCUT2D eigenvalue weighted by Gasteiger charge is -2.07. The molecule has 2 nitrogen and oxygen atoms in total. The van der Waals surface area contributed by atoms with Gasteiger partial charge in [-0.15, -0.1) is 11.3 Å². The quantitative estimate of drug-likeness (QED) is 0.609. The molecule has 0 atom stereocenters. The van der Waals surface area contributed by atoms with E-state index in [0.29, 0.717) is 31.6 Å². The Morgan fingerprint density at radius 2 is 2.00 bits per heavy atom. The van der Waals surface area contributed by atoms with Gasteiger partial charge in [0.05, 0.1) is 15.6 Å². The number of benzene rings is 2. The second kappa shape index (κ2) is 5.88. The van der Waals surface area contributed by atoms with Crippen LogP contribution in [-0.2, 0) is 0 Å². The smallest absolute Gasteiger partial charge is 0.266 e. The van der Waals surface area contributed by atoms with E-state index in [0.717, 1.165) is 4.70 Å². The van der Waals surface area contributed by atoms with Gasteiger partial charge in [0.15, 0.2) is 0 Å². The summed E-state index contributed by atoms with van der Waals surface area (Å²) in [5.74, 6) is -0.642. The van der Waals surface area contributed by atoms with Crippen molar-refractivity contribution in [3.05, 3.63) is 62.7 Å². The first-order valence-electron chi connectivity index (χ1n) is 6.41. The standard InChI is InChI=1S/C16H10Cl2FNOS/c1-8-14-11(19)3-2-4-13(14)22-15(8)16(21)20-12-6-5-9(17)7-10(12)18/h2-7H,1H3,(H,20,21). The Balaban J connectivity index is 1.99. The van der Waals surface area contributed by atoms with Gasteiger partial charge < -0.3 is 5.32 Å². The normalized spacial score (nSPS) is 10.9. The summed E-state index contributed by atoms with van der Waals surface area (Å²) < 4.78 is 14.6. The second-order valence-corrected chi connectivity index (χ2v) is 6.64. The van der Waals surface area contributed by atoms with E-state index >= 15 is 0 Å². The number of amides is 1. The summed E-state index contributed by atoms with van der Waals surface area (Å²) in [4.78, 5) is 12.9. The average Bonchev–Trinajstić information content (AvgIpc) is 2.80. The third kappa shape index (κ3) is 2.70. The molecule has 0 radical (unpaired) electrons. The van der Waals surface area contributed by atoms with Gasteiger partial charge in [-0.2, -0.15) is 0 Å². The van der Waals surface area contributed by atoms with Gasteiger partial charge in [0, 0.05) is 15.1 Å². The van der Waals surface area contributed by atoms with E-state index in [1.807, 2.05) is 0 Å². The minimum atomic E-state index is -0.324. The first kappa shape index (κ1) is 15.3. The van der Waals surface area contributed by atoms with Gasteiger partial charge in [0.2, 0.25) is 0 Å². The van der Waals surface area contributed by atoms with Gasteiger partial charge >= 0.3 is 0 Å². The summed E-state index contributed by atoms with van der Waals surface area (Å²) in [5.41, 5.74) is 1.09. The predicted molar refractivity (Wildman–Crippen MR) is 90.9 cm³/mol. The number of halogens is 3. The van der Waals surface area contributed by atoms with Gasteiger partial charge in [-0.05, 0) is 42.8 Å². The molecule has 1 heterocycles. The Bertz CT molecular complexity index is 891. The van der Waals surface area contributed by atoms with Crippen LogP contribution in [0.15, 0.2) is 36.4 Å². The van der Waals surface area contributed by atoms with E-state index in [1.165, 1.54) is 17.4 Å². The molecule has 0 unspecified atom stereocenters. The van der Waals surface area contributed by atoms with Crippen LogP contribution in [0.2, 0.25) is 10.0 Å². The molecule has 1 aromatic heterocycles. The maximum Gasteiger partial charge on any atom is 0.266 e. The highest BCUT2D eigenvalue weighted by Gasteiger charge is 2.18. The lowest BCUT2D eigenvalue weighted by Crippen LogP contribution is -2.11. The zero-order chi connectivity index (χ0) is 15.9. The van der Waals surface area contributed by atoms with Crippen LogP contribution in [0.5, 0.6) is 0 Å². The van der Waals surface area contributed by atoms with Crippen LogP contribution in [0.4, 0.5) is 10.1 Å². The topological polar surface area (TPSA) is 29.1 Å². The number of rotatable bonds is 2. The van der Waals surface area contributed by atoms with Gasteiger partial charge in [-0.1, -0.05) is 29.3 Å². The average molecular weight is 354 g/mol. The Morgan fingerprint density at radius 3 is 2.68 bits per heavy atom. The van der Waals surface area contributed by atoms with E-state index in [-0.39, 0.29) is 11.7 Å². The summed E-state index contributed by atoms with van der Waals surface area (Å²) >= 11 is 13.1. The van der Waals surface area contributed by atoms with Crippen molar-refractivity contribution in [3.63, 3.8) is 0 Å². The van der Waals surface area contributed by atoms with Crippen molar-refractivity contribution in [2.75, 3.05) is 5.32 Å². The van der Waals surface area contributed by atoms with Crippen LogP contribution in [0.25, 0.3) is 10.1 Å². The zero-order valence-electron chi connectivity index (χ0n) is 11.4. The minimum Gasteiger partial charge on any atom is -0.320 e. The Morgan fingerprint density at radius 1 is 1.23 bits per heavy atom. The van der Waals surface area contributed by atoms with Crippen LogP contribution in [0.3, 0.4) is 0 Å². The summed E-state index contributed by atoms with van der Waals surface area (Å²) in [7, 11) is 0. The van der Waals surface area contributed by atoms with Crippen molar-refractivity contribution in [3.8, 4) is 0 Å². The molecule has 2 aromatic carbocycles. The van der Waals surface area contributed by atoms with Gasteiger partial charge in [-0.25, -0.2) is 4.39 Å². The maximum atomic E-state index is 13.9. The number of nitrogens with one attached hydrogen (secondary N) is 1. The van der Waals surface area contributed by atoms with E-state index in [1.54, 1.807) is 37.3 Å². The van der Waals surface area contributed by atoms with Crippen LogP contribution < -0.4 is 5.32 Å². The molecule has 0 saturated heterocycles. The van der Waals surface area contributed by atoms with Crippen molar-refractivity contribution in [1.82, 2.24) is 0 Å². The Kier molecular flexibility index (Phi) is 4.08. The highest BCUT2D eigenvalue weighted by atomic mass is 35.5. The van der Waals surface area contributed by atoms with Crippen molar-refractivity contribution < 1.29 is 9.18 Å². The highest BCUT2D eigenvalue weighted by molar-refractivity contribution is 7.21. The largest absolute Gasteiger partial charge is 0.320 e. The monoisotopic (exact) mass is 353 g/mol. The van der Waals surface area contributed by atoms with Crippen LogP contribution in [-0.4, -0.2) is 5.91 Å². The van der Waals surface area contributed by atoms with E-state index < -0.39 is 0 Å². The van der Waals surface area contributed by atoms with Crippen molar-refractivity contribution in [1.29, 1.82) is 0 Å². The third-order valence-corrected chi connectivity index (χ3v) is 5.09. The molecule has 0 saturated carbocycles. The Hall–Kier alpha value is -1.62. The summed E-state index contributed by atoms with van der Waals surface area (Å²) in [6.45, 7) is 1.74. The van der Waals surface area contributed by atoms with Gasteiger partial charge in [0.1, 0.15) is 5.82 Å². The van der Waals surface area contributed by atoms with E-state index in [4.69, 9.17) is 23.2 Å². The van der Waals surface area contributed by atoms with Crippen LogP contribution >= 0.6 is 34.5 Å². The molecule has 1 N–H and O–H groups in total. The lowest BCUT2D eigenvalue weighted by atomic mass is 10.1. The van der Waals surface area contributed by atoms with Crippen molar-refractivity contribution in [2.45, 2.75) is 6.92 Å². The molecule has 3 rings (SSSR count). The molecular formula is C16H10Cl2FNOS. The SMILES string of the molecule is Cc1c(C(=O)Nc2ccc(Cl)cc2Cl)sc2cccc(F)c12. The van der Waals surface area contributed by atoms with Crippen LogP contribution in [0.1, 0.15) is 15.2 Å². The molecule has 0 aliphatic rings. The number of anilines is 1. The van der Waals surface area contributed by atoms with Gasteiger partial charge in [0.25, 0.3) is 5.91 Å². The van der Waals surface area contributed by atoms with Crippen molar-refractivity contribution in [2.24, 2.45) is 0 Å². The minimum absolute atomic E-state index is 0.317. The predicted octanol–water partition coefficient (Wildman–Crippen LogP) is 5.91. The molecule has 0 bridgehead atoms. The molecule has 112 valence electrons. The summed E-state index contributed by atoms with van der Waals surface area (Å²) in [5, 5.41) is 4.06. The van der Waals surface area contributed by atoms with Gasteiger partial charge in [-0.3, -0.25) is 4.79 Å². The molecule has 6 heteroatoms. The fourth-order valence-corrected chi connectivity index (χ4v) is 3.81. The zero-order valence-corrected chi connectivity index (χ0v) is 13.7. The summed E-state index contributed by atoms with van der Waals surface area (Å²) in [6.07, 6.45) is 0. The number of aryl methyl sites for hydroxylation is 1. The third-order valence-electron chi connectivity index (χ3n) is 3.29. The molecule has 22 heavy (non-hydrogen) atoms. The Labute approximate surface area is 140 Å². The van der Waals surface area contributed by atoms with Crippen molar-refractivity contribution >= 4 is 56.2 Å². The van der Waals surface area contributed by atoms with E-state index in [2.05, 4.69) is 5.32 Å². The van der Waals surface area contributed by atoms with Crippen LogP contribution in [0, 0.1) is 12.7 Å². The molecule has 0 aliphatic carbocycles. The second-order valence-electron chi connectivity index (χ2n) is 4.75. The lowest BCUT2D eigenvalue weighted by molar-refractivity contribution is 0.103. The molecule has 3 aromatic rings. The summed E-state index contributed by atoms with van der Waals surface area (Å²) in [6, 6.07) is 9.63. The number of hydrogen-bond acceptors (Lipinski definition) is 2. The molecule has 1 amide bonds. The molecule has 0 spiro atoms. The number of carbonyl (C=O) groups excluding carboxylic acids is 1.